The number of halogens is 1. The van der Waals surface area contributed by atoms with Crippen molar-refractivity contribution in [2.75, 3.05) is 4.72 Å². The number of amides is 2. The fourth-order valence-corrected chi connectivity index (χ4v) is 4.14. The summed E-state index contributed by atoms with van der Waals surface area (Å²) >= 11 is 5.79. The monoisotopic (exact) mass is 456 g/mol. The first-order valence-electron chi connectivity index (χ1n) is 8.85. The van der Waals surface area contributed by atoms with Crippen molar-refractivity contribution in [1.82, 2.24) is 5.06 Å². The SMILES string of the molecule is O=C(ON1C(=O)c2ccccc2C1=O)c1cccc(S(=O)(=O)Nc2ccc(Cl)cc2)c1. The van der Waals surface area contributed by atoms with Gasteiger partial charge in [0.25, 0.3) is 21.8 Å². The Kier molecular flexibility index (Phi) is 5.22. The van der Waals surface area contributed by atoms with Crippen LogP contribution in [0.15, 0.2) is 77.7 Å². The molecule has 0 atom stereocenters. The highest BCUT2D eigenvalue weighted by Crippen LogP contribution is 2.24. The number of carbonyl (C=O) groups excluding carboxylic acids is 3. The van der Waals surface area contributed by atoms with Gasteiger partial charge in [-0.3, -0.25) is 14.3 Å². The average Bonchev–Trinajstić information content (AvgIpc) is 3.00. The molecule has 0 aliphatic carbocycles. The van der Waals surface area contributed by atoms with Crippen LogP contribution in [0.25, 0.3) is 0 Å². The van der Waals surface area contributed by atoms with Crippen molar-refractivity contribution in [3.8, 4) is 0 Å². The van der Waals surface area contributed by atoms with Crippen LogP contribution in [0.5, 0.6) is 0 Å². The molecule has 0 spiro atoms. The molecular weight excluding hydrogens is 444 g/mol. The number of rotatable bonds is 5. The third kappa shape index (κ3) is 4.00. The van der Waals surface area contributed by atoms with Crippen LogP contribution in [0, 0.1) is 0 Å². The zero-order chi connectivity index (χ0) is 22.2. The Morgan fingerprint density at radius 2 is 1.48 bits per heavy atom. The molecule has 3 aromatic carbocycles. The van der Waals surface area contributed by atoms with Gasteiger partial charge >= 0.3 is 5.97 Å². The van der Waals surface area contributed by atoms with Crippen LogP contribution in [0.1, 0.15) is 31.1 Å². The predicted molar refractivity (Wildman–Crippen MR) is 111 cm³/mol. The summed E-state index contributed by atoms with van der Waals surface area (Å²) in [6.45, 7) is 0. The second kappa shape index (κ2) is 7.86. The molecule has 0 radical (unpaired) electrons. The molecule has 1 N–H and O–H groups in total. The molecule has 0 aromatic heterocycles. The highest BCUT2D eigenvalue weighted by Gasteiger charge is 2.38. The lowest BCUT2D eigenvalue weighted by Crippen LogP contribution is -2.32. The first-order valence-corrected chi connectivity index (χ1v) is 10.7. The summed E-state index contributed by atoms with van der Waals surface area (Å²) in [6.07, 6.45) is 0. The van der Waals surface area contributed by atoms with Crippen molar-refractivity contribution in [2.24, 2.45) is 0 Å². The summed E-state index contributed by atoms with van der Waals surface area (Å²) in [5.41, 5.74) is 0.353. The van der Waals surface area contributed by atoms with Crippen LogP contribution in [0.4, 0.5) is 5.69 Å². The van der Waals surface area contributed by atoms with E-state index >= 15 is 0 Å². The van der Waals surface area contributed by atoms with Crippen LogP contribution >= 0.6 is 11.6 Å². The fourth-order valence-electron chi connectivity index (χ4n) is 2.91. The number of imide groups is 1. The third-order valence-electron chi connectivity index (χ3n) is 4.41. The summed E-state index contributed by atoms with van der Waals surface area (Å²) < 4.78 is 27.7. The van der Waals surface area contributed by atoms with Gasteiger partial charge in [-0.25, -0.2) is 13.2 Å². The molecule has 1 heterocycles. The molecule has 1 aliphatic rings. The molecule has 0 unspecified atom stereocenters. The van der Waals surface area contributed by atoms with Gasteiger partial charge in [0.2, 0.25) is 0 Å². The van der Waals surface area contributed by atoms with Gasteiger partial charge in [-0.05, 0) is 54.6 Å². The lowest BCUT2D eigenvalue weighted by Gasteiger charge is -2.13. The van der Waals surface area contributed by atoms with E-state index in [2.05, 4.69) is 4.72 Å². The van der Waals surface area contributed by atoms with Crippen molar-refractivity contribution in [3.63, 3.8) is 0 Å². The largest absolute Gasteiger partial charge is 0.363 e. The quantitative estimate of drug-likeness (QED) is 0.588. The van der Waals surface area contributed by atoms with Crippen LogP contribution in [0.3, 0.4) is 0 Å². The van der Waals surface area contributed by atoms with Gasteiger partial charge in [-0.1, -0.05) is 34.9 Å². The number of hydrogen-bond acceptors (Lipinski definition) is 6. The lowest BCUT2D eigenvalue weighted by molar-refractivity contribution is -0.0584. The maximum atomic E-state index is 12.6. The molecule has 0 saturated carbocycles. The minimum Gasteiger partial charge on any atom is -0.324 e. The van der Waals surface area contributed by atoms with Crippen molar-refractivity contribution >= 4 is 45.1 Å². The van der Waals surface area contributed by atoms with Crippen molar-refractivity contribution in [1.29, 1.82) is 0 Å². The number of fused-ring (bicyclic) bond motifs is 1. The Morgan fingerprint density at radius 1 is 0.871 bits per heavy atom. The number of sulfonamides is 1. The van der Waals surface area contributed by atoms with Crippen molar-refractivity contribution in [2.45, 2.75) is 4.90 Å². The zero-order valence-electron chi connectivity index (χ0n) is 15.6. The van der Waals surface area contributed by atoms with E-state index in [4.69, 9.17) is 16.4 Å². The number of nitrogens with one attached hydrogen (secondary N) is 1. The van der Waals surface area contributed by atoms with Gasteiger partial charge < -0.3 is 4.84 Å². The Bertz CT molecular complexity index is 1290. The molecule has 4 rings (SSSR count). The Hall–Kier alpha value is -3.69. The second-order valence-electron chi connectivity index (χ2n) is 6.47. The Balaban J connectivity index is 1.54. The van der Waals surface area contributed by atoms with Crippen LogP contribution in [0.2, 0.25) is 5.02 Å². The molecule has 156 valence electrons. The van der Waals surface area contributed by atoms with Gasteiger partial charge in [-0.15, -0.1) is 0 Å². The van der Waals surface area contributed by atoms with Crippen LogP contribution in [-0.4, -0.2) is 31.3 Å². The third-order valence-corrected chi connectivity index (χ3v) is 6.04. The number of hydrogen-bond donors (Lipinski definition) is 1. The van der Waals surface area contributed by atoms with E-state index in [0.29, 0.717) is 10.1 Å². The molecule has 31 heavy (non-hydrogen) atoms. The molecule has 2 amide bonds. The minimum absolute atomic E-state index is 0.115. The maximum Gasteiger partial charge on any atom is 0.363 e. The van der Waals surface area contributed by atoms with Crippen LogP contribution in [-0.2, 0) is 14.9 Å². The number of hydroxylamine groups is 2. The molecule has 10 heteroatoms. The van der Waals surface area contributed by atoms with E-state index in [1.807, 2.05) is 0 Å². The molecule has 0 saturated heterocycles. The standard InChI is InChI=1S/C21H13ClN2O6S/c22-14-8-10-15(11-9-14)23-31(28,29)16-5-3-4-13(12-16)21(27)30-24-19(25)17-6-1-2-7-18(17)20(24)26/h1-12,23H. The van der Waals surface area contributed by atoms with Gasteiger partial charge in [-0.2, -0.15) is 0 Å². The number of nitrogens with zero attached hydrogens (tertiary/aromatic N) is 1. The smallest absolute Gasteiger partial charge is 0.324 e. The molecule has 1 aliphatic heterocycles. The van der Waals surface area contributed by atoms with E-state index in [1.54, 1.807) is 12.1 Å². The molecule has 0 bridgehead atoms. The van der Waals surface area contributed by atoms with Crippen LogP contribution < -0.4 is 4.72 Å². The minimum atomic E-state index is -4.02. The molecule has 0 fully saturated rings. The maximum absolute atomic E-state index is 12.6. The van der Waals surface area contributed by atoms with Crippen molar-refractivity contribution in [3.05, 3.63) is 94.5 Å². The summed E-state index contributed by atoms with van der Waals surface area (Å²) in [7, 11) is -4.02. The number of carbonyl (C=O) groups is 3. The first-order chi connectivity index (χ1) is 14.8. The van der Waals surface area contributed by atoms with Gasteiger partial charge in [0, 0.05) is 10.7 Å². The van der Waals surface area contributed by atoms with Gasteiger partial charge in [0.15, 0.2) is 0 Å². The Labute approximate surface area is 182 Å². The van der Waals surface area contributed by atoms with Crippen molar-refractivity contribution < 1.29 is 27.6 Å². The summed E-state index contributed by atoms with van der Waals surface area (Å²) in [6, 6.07) is 17.1. The van der Waals surface area contributed by atoms with Gasteiger partial charge in [0.05, 0.1) is 21.6 Å². The topological polar surface area (TPSA) is 110 Å². The van der Waals surface area contributed by atoms with E-state index < -0.39 is 27.8 Å². The first kappa shape index (κ1) is 20.6. The zero-order valence-corrected chi connectivity index (χ0v) is 17.2. The fraction of sp³-hybridized carbons (Fsp3) is 0. The molecular formula is C21H13ClN2O6S. The normalized spacial score (nSPS) is 13.1. The highest BCUT2D eigenvalue weighted by molar-refractivity contribution is 7.92. The molecule has 8 nitrogen and oxygen atoms in total. The van der Waals surface area contributed by atoms with E-state index in [0.717, 1.165) is 6.07 Å². The summed E-state index contributed by atoms with van der Waals surface area (Å²) in [5, 5.41) is 0.806. The number of benzene rings is 3. The highest BCUT2D eigenvalue weighted by atomic mass is 35.5. The van der Waals surface area contributed by atoms with E-state index in [1.165, 1.54) is 54.6 Å². The summed E-state index contributed by atoms with van der Waals surface area (Å²) in [5.74, 6) is -2.61. The second-order valence-corrected chi connectivity index (χ2v) is 8.59. The number of anilines is 1. The molecule has 3 aromatic rings. The lowest BCUT2D eigenvalue weighted by atomic mass is 10.1. The van der Waals surface area contributed by atoms with E-state index in [-0.39, 0.29) is 27.3 Å². The van der Waals surface area contributed by atoms with Gasteiger partial charge in [0.1, 0.15) is 0 Å². The summed E-state index contributed by atoms with van der Waals surface area (Å²) in [4.78, 5) is 42.0. The Morgan fingerprint density at radius 3 is 2.10 bits per heavy atom. The van der Waals surface area contributed by atoms with E-state index in [9.17, 15) is 22.8 Å². The predicted octanol–water partition coefficient (Wildman–Crippen LogP) is 3.51. The average molecular weight is 457 g/mol.